The molecule has 2 heteroatoms. The number of hydrogen-bond donors (Lipinski definition) is 1. The lowest BCUT2D eigenvalue weighted by Crippen LogP contribution is -2.24. The van der Waals surface area contributed by atoms with E-state index in [0.29, 0.717) is 12.0 Å². The first-order chi connectivity index (χ1) is 7.13. The Morgan fingerprint density at radius 3 is 2.20 bits per heavy atom. The molecule has 0 aliphatic rings. The summed E-state index contributed by atoms with van der Waals surface area (Å²) in [4.78, 5) is 0. The van der Waals surface area contributed by atoms with Gasteiger partial charge in [-0.2, -0.15) is 0 Å². The van der Waals surface area contributed by atoms with Crippen LogP contribution in [-0.4, -0.2) is 7.05 Å². The normalized spacial score (nSPS) is 13.5. The van der Waals surface area contributed by atoms with E-state index >= 15 is 0 Å². The number of furan rings is 1. The summed E-state index contributed by atoms with van der Waals surface area (Å²) in [6.45, 7) is 8.56. The average molecular weight is 209 g/mol. The van der Waals surface area contributed by atoms with Crippen molar-refractivity contribution in [2.24, 2.45) is 5.92 Å². The highest BCUT2D eigenvalue weighted by molar-refractivity contribution is 5.24. The van der Waals surface area contributed by atoms with Gasteiger partial charge in [0.05, 0.1) is 0 Å². The zero-order valence-corrected chi connectivity index (χ0v) is 10.6. The van der Waals surface area contributed by atoms with Crippen molar-refractivity contribution in [3.63, 3.8) is 0 Å². The molecule has 0 saturated heterocycles. The Labute approximate surface area is 93.1 Å². The van der Waals surface area contributed by atoms with E-state index in [4.69, 9.17) is 4.42 Å². The molecule has 0 aliphatic carbocycles. The predicted octanol–water partition coefficient (Wildman–Crippen LogP) is 3.59. The van der Waals surface area contributed by atoms with Crippen molar-refractivity contribution in [3.8, 4) is 0 Å². The molecule has 0 radical (unpaired) electrons. The fourth-order valence-corrected chi connectivity index (χ4v) is 2.36. The zero-order valence-electron chi connectivity index (χ0n) is 10.6. The molecular weight excluding hydrogens is 186 g/mol. The smallest absolute Gasteiger partial charge is 0.105 e. The Bertz CT molecular complexity index is 299. The van der Waals surface area contributed by atoms with Crippen LogP contribution in [0.3, 0.4) is 0 Å². The van der Waals surface area contributed by atoms with Gasteiger partial charge in [0.1, 0.15) is 11.5 Å². The van der Waals surface area contributed by atoms with Crippen molar-refractivity contribution < 1.29 is 4.42 Å². The van der Waals surface area contributed by atoms with Gasteiger partial charge < -0.3 is 9.73 Å². The Hall–Kier alpha value is -0.760. The standard InChI is InChI=1S/C13H23NO/c1-6-11(7-2)13(14-5)12-8-9(3)15-10(12)4/h8,11,13-14H,6-7H2,1-5H3. The SMILES string of the molecule is CCC(CC)C(NC)c1cc(C)oc1C. The highest BCUT2D eigenvalue weighted by Gasteiger charge is 2.22. The van der Waals surface area contributed by atoms with Crippen LogP contribution in [0.4, 0.5) is 0 Å². The second kappa shape index (κ2) is 5.36. The highest BCUT2D eigenvalue weighted by atomic mass is 16.3. The van der Waals surface area contributed by atoms with Crippen molar-refractivity contribution in [2.75, 3.05) is 7.05 Å². The summed E-state index contributed by atoms with van der Waals surface area (Å²) in [6.07, 6.45) is 2.40. The summed E-state index contributed by atoms with van der Waals surface area (Å²) < 4.78 is 5.60. The van der Waals surface area contributed by atoms with Crippen LogP contribution in [0, 0.1) is 19.8 Å². The summed E-state index contributed by atoms with van der Waals surface area (Å²) in [5, 5.41) is 3.41. The monoisotopic (exact) mass is 209 g/mol. The third-order valence-electron chi connectivity index (χ3n) is 3.25. The minimum absolute atomic E-state index is 0.428. The van der Waals surface area contributed by atoms with Crippen LogP contribution in [0.15, 0.2) is 10.5 Å². The molecule has 0 amide bonds. The molecule has 1 aromatic rings. The second-order valence-corrected chi connectivity index (χ2v) is 4.21. The lowest BCUT2D eigenvalue weighted by atomic mass is 9.89. The first kappa shape index (κ1) is 12.3. The summed E-state index contributed by atoms with van der Waals surface area (Å²) >= 11 is 0. The van der Waals surface area contributed by atoms with Crippen molar-refractivity contribution in [1.82, 2.24) is 5.32 Å². The largest absolute Gasteiger partial charge is 0.466 e. The van der Waals surface area contributed by atoms with Crippen molar-refractivity contribution in [3.05, 3.63) is 23.2 Å². The van der Waals surface area contributed by atoms with Gasteiger partial charge in [0.25, 0.3) is 0 Å². The second-order valence-electron chi connectivity index (χ2n) is 4.21. The first-order valence-electron chi connectivity index (χ1n) is 5.88. The van der Waals surface area contributed by atoms with Crippen LogP contribution in [0.2, 0.25) is 0 Å². The molecule has 86 valence electrons. The van der Waals surface area contributed by atoms with Crippen LogP contribution in [0.5, 0.6) is 0 Å². The molecule has 0 spiro atoms. The highest BCUT2D eigenvalue weighted by Crippen LogP contribution is 2.30. The van der Waals surface area contributed by atoms with Crippen molar-refractivity contribution in [1.29, 1.82) is 0 Å². The Kier molecular flexibility index (Phi) is 4.40. The fraction of sp³-hybridized carbons (Fsp3) is 0.692. The van der Waals surface area contributed by atoms with Gasteiger partial charge >= 0.3 is 0 Å². The molecule has 1 unspecified atom stereocenters. The molecule has 0 bridgehead atoms. The van der Waals surface area contributed by atoms with E-state index < -0.39 is 0 Å². The third kappa shape index (κ3) is 2.63. The lowest BCUT2D eigenvalue weighted by Gasteiger charge is -2.24. The fourth-order valence-electron chi connectivity index (χ4n) is 2.36. The predicted molar refractivity (Wildman–Crippen MR) is 64.1 cm³/mol. The molecule has 1 rings (SSSR count). The summed E-state index contributed by atoms with van der Waals surface area (Å²) in [5.41, 5.74) is 1.32. The van der Waals surface area contributed by atoms with Gasteiger partial charge in [-0.1, -0.05) is 26.7 Å². The number of hydrogen-bond acceptors (Lipinski definition) is 2. The van der Waals surface area contributed by atoms with Crippen LogP contribution in [-0.2, 0) is 0 Å². The molecule has 0 aromatic carbocycles. The van der Waals surface area contributed by atoms with E-state index in [9.17, 15) is 0 Å². The molecule has 2 nitrogen and oxygen atoms in total. The summed E-state index contributed by atoms with van der Waals surface area (Å²) in [7, 11) is 2.03. The maximum absolute atomic E-state index is 5.60. The molecule has 15 heavy (non-hydrogen) atoms. The van der Waals surface area contributed by atoms with Crippen LogP contribution in [0.1, 0.15) is 49.8 Å². The first-order valence-corrected chi connectivity index (χ1v) is 5.88. The van der Waals surface area contributed by atoms with E-state index in [0.717, 1.165) is 11.5 Å². The summed E-state index contributed by atoms with van der Waals surface area (Å²) in [6, 6.07) is 2.59. The van der Waals surface area contributed by atoms with Gasteiger partial charge in [0.2, 0.25) is 0 Å². The lowest BCUT2D eigenvalue weighted by molar-refractivity contribution is 0.354. The molecule has 0 aliphatic heterocycles. The molecule has 1 N–H and O–H groups in total. The Balaban J connectivity index is 2.95. The molecular formula is C13H23NO. The van der Waals surface area contributed by atoms with Crippen LogP contribution in [0.25, 0.3) is 0 Å². The van der Waals surface area contributed by atoms with E-state index in [1.807, 2.05) is 14.0 Å². The minimum Gasteiger partial charge on any atom is -0.466 e. The molecule has 0 saturated carbocycles. The van der Waals surface area contributed by atoms with Crippen molar-refractivity contribution in [2.45, 2.75) is 46.6 Å². The maximum Gasteiger partial charge on any atom is 0.105 e. The van der Waals surface area contributed by atoms with Gasteiger partial charge in [-0.15, -0.1) is 0 Å². The van der Waals surface area contributed by atoms with Crippen molar-refractivity contribution >= 4 is 0 Å². The van der Waals surface area contributed by atoms with E-state index in [2.05, 4.69) is 32.2 Å². The average Bonchev–Trinajstić information content (AvgIpc) is 2.54. The third-order valence-corrected chi connectivity index (χ3v) is 3.25. The number of aryl methyl sites for hydroxylation is 2. The minimum atomic E-state index is 0.428. The maximum atomic E-state index is 5.60. The van der Waals surface area contributed by atoms with Gasteiger partial charge in [-0.05, 0) is 32.9 Å². The van der Waals surface area contributed by atoms with Gasteiger partial charge in [0.15, 0.2) is 0 Å². The van der Waals surface area contributed by atoms with E-state index in [-0.39, 0.29) is 0 Å². The van der Waals surface area contributed by atoms with Gasteiger partial charge in [-0.3, -0.25) is 0 Å². The molecule has 1 atom stereocenters. The molecule has 1 aromatic heterocycles. The van der Waals surface area contributed by atoms with E-state index in [1.54, 1.807) is 0 Å². The van der Waals surface area contributed by atoms with Gasteiger partial charge in [0, 0.05) is 11.6 Å². The van der Waals surface area contributed by atoms with Crippen LogP contribution >= 0.6 is 0 Å². The number of rotatable bonds is 5. The van der Waals surface area contributed by atoms with E-state index in [1.165, 1.54) is 18.4 Å². The summed E-state index contributed by atoms with van der Waals surface area (Å²) in [5.74, 6) is 2.75. The quantitative estimate of drug-likeness (QED) is 0.801. The van der Waals surface area contributed by atoms with Gasteiger partial charge in [-0.25, -0.2) is 0 Å². The topological polar surface area (TPSA) is 25.2 Å². The number of nitrogens with one attached hydrogen (secondary N) is 1. The molecule has 1 heterocycles. The Morgan fingerprint density at radius 1 is 1.27 bits per heavy atom. The Morgan fingerprint density at radius 2 is 1.87 bits per heavy atom. The zero-order chi connectivity index (χ0) is 11.4. The molecule has 0 fully saturated rings. The van der Waals surface area contributed by atoms with Crippen LogP contribution < -0.4 is 5.32 Å².